The highest BCUT2D eigenvalue weighted by molar-refractivity contribution is 6.07. The van der Waals surface area contributed by atoms with Gasteiger partial charge in [0.2, 0.25) is 0 Å². The van der Waals surface area contributed by atoms with Gasteiger partial charge in [-0.1, -0.05) is 47.7 Å². The van der Waals surface area contributed by atoms with E-state index in [1.165, 1.54) is 4.68 Å². The van der Waals surface area contributed by atoms with Crippen molar-refractivity contribution in [1.29, 1.82) is 0 Å². The second-order valence-electron chi connectivity index (χ2n) is 4.56. The second-order valence-corrected chi connectivity index (χ2v) is 4.56. The first-order valence-corrected chi connectivity index (χ1v) is 6.38. The Morgan fingerprint density at radius 1 is 1.15 bits per heavy atom. The Labute approximate surface area is 116 Å². The average Bonchev–Trinajstić information content (AvgIpc) is 2.94. The van der Waals surface area contributed by atoms with E-state index in [2.05, 4.69) is 10.3 Å². The lowest BCUT2D eigenvalue weighted by Crippen LogP contribution is -2.11. The van der Waals surface area contributed by atoms with Crippen LogP contribution < -0.4 is 5.73 Å². The summed E-state index contributed by atoms with van der Waals surface area (Å²) in [6, 6.07) is 13.6. The molecule has 3 aromatic rings. The molecule has 0 fully saturated rings. The molecule has 5 nitrogen and oxygen atoms in total. The number of hydrogen-bond donors (Lipinski definition) is 1. The Balaban J connectivity index is 1.92. The third-order valence-corrected chi connectivity index (χ3v) is 3.19. The summed E-state index contributed by atoms with van der Waals surface area (Å²) in [6.45, 7) is 0.490. The van der Waals surface area contributed by atoms with Crippen LogP contribution in [0.4, 0.5) is 0 Å². The van der Waals surface area contributed by atoms with Crippen LogP contribution >= 0.6 is 0 Å². The molecule has 3 rings (SSSR count). The van der Waals surface area contributed by atoms with Crippen molar-refractivity contribution in [2.75, 3.05) is 0 Å². The lowest BCUT2D eigenvalue weighted by Gasteiger charge is -2.05. The number of ketones is 1. The van der Waals surface area contributed by atoms with Crippen LogP contribution in [0.1, 0.15) is 16.1 Å². The summed E-state index contributed by atoms with van der Waals surface area (Å²) < 4.78 is 1.52. The summed E-state index contributed by atoms with van der Waals surface area (Å²) in [5.74, 6) is 0.00951. The van der Waals surface area contributed by atoms with E-state index in [0.29, 0.717) is 17.8 Å². The molecule has 0 aliphatic carbocycles. The molecule has 1 heterocycles. The fourth-order valence-corrected chi connectivity index (χ4v) is 2.21. The quantitative estimate of drug-likeness (QED) is 0.730. The van der Waals surface area contributed by atoms with Crippen molar-refractivity contribution >= 4 is 16.6 Å². The maximum Gasteiger partial charge on any atom is 0.184 e. The van der Waals surface area contributed by atoms with Gasteiger partial charge >= 0.3 is 0 Å². The number of hydrogen-bond acceptors (Lipinski definition) is 4. The minimum atomic E-state index is 0.00951. The third kappa shape index (κ3) is 2.31. The van der Waals surface area contributed by atoms with Crippen LogP contribution in [0.2, 0.25) is 0 Å². The Morgan fingerprint density at radius 3 is 2.75 bits per heavy atom. The minimum Gasteiger partial charge on any atom is -0.325 e. The fraction of sp³-hybridized carbons (Fsp3) is 0.133. The first kappa shape index (κ1) is 12.5. The smallest absolute Gasteiger partial charge is 0.184 e. The molecule has 0 bridgehead atoms. The number of Topliss-reactive ketones (excluding diaryl/α,β-unsaturated/α-hetero) is 1. The Bertz CT molecular complexity index is 758. The van der Waals surface area contributed by atoms with E-state index in [-0.39, 0.29) is 12.3 Å². The summed E-state index contributed by atoms with van der Waals surface area (Å²) in [4.78, 5) is 12.4. The second kappa shape index (κ2) is 5.22. The summed E-state index contributed by atoms with van der Waals surface area (Å²) in [5.41, 5.74) is 6.86. The SMILES string of the molecule is NCc1cn(CC(=O)c2cccc3ccccc23)nn1. The lowest BCUT2D eigenvalue weighted by molar-refractivity contribution is 0.0968. The van der Waals surface area contributed by atoms with Gasteiger partial charge in [0.1, 0.15) is 6.54 Å². The first-order chi connectivity index (χ1) is 9.78. The number of carbonyl (C=O) groups is 1. The number of carbonyl (C=O) groups excluding carboxylic acids is 1. The van der Waals surface area contributed by atoms with E-state index in [1.807, 2.05) is 42.5 Å². The number of nitrogens with two attached hydrogens (primary N) is 1. The van der Waals surface area contributed by atoms with Gasteiger partial charge in [-0.25, -0.2) is 4.68 Å². The van der Waals surface area contributed by atoms with Crippen LogP contribution in [0, 0.1) is 0 Å². The van der Waals surface area contributed by atoms with E-state index in [9.17, 15) is 4.79 Å². The number of aromatic nitrogens is 3. The minimum absolute atomic E-state index is 0.00951. The summed E-state index contributed by atoms with van der Waals surface area (Å²) in [5, 5.41) is 9.79. The Hall–Kier alpha value is -2.53. The molecule has 0 unspecified atom stereocenters. The molecule has 1 aromatic heterocycles. The molecule has 0 saturated carbocycles. The highest BCUT2D eigenvalue weighted by atomic mass is 16.1. The topological polar surface area (TPSA) is 73.8 Å². The molecule has 100 valence electrons. The van der Waals surface area contributed by atoms with E-state index in [0.717, 1.165) is 10.8 Å². The van der Waals surface area contributed by atoms with Crippen molar-refractivity contribution in [3.05, 3.63) is 59.9 Å². The predicted molar refractivity (Wildman–Crippen MR) is 76.2 cm³/mol. The van der Waals surface area contributed by atoms with Gasteiger partial charge in [0.15, 0.2) is 5.78 Å². The van der Waals surface area contributed by atoms with Crippen molar-refractivity contribution in [2.45, 2.75) is 13.1 Å². The van der Waals surface area contributed by atoms with E-state index < -0.39 is 0 Å². The molecule has 0 radical (unpaired) electrons. The summed E-state index contributed by atoms with van der Waals surface area (Å²) in [7, 11) is 0. The van der Waals surface area contributed by atoms with Crippen molar-refractivity contribution in [3.8, 4) is 0 Å². The maximum atomic E-state index is 12.4. The molecule has 0 amide bonds. The summed E-state index contributed by atoms with van der Waals surface area (Å²) in [6.07, 6.45) is 1.70. The normalized spacial score (nSPS) is 10.8. The standard InChI is InChI=1S/C15H14N4O/c16-8-12-9-19(18-17-12)10-15(20)14-7-3-5-11-4-1-2-6-13(11)14/h1-7,9H,8,10,16H2. The highest BCUT2D eigenvalue weighted by Crippen LogP contribution is 2.19. The average molecular weight is 266 g/mol. The van der Waals surface area contributed by atoms with Gasteiger partial charge in [0.05, 0.1) is 11.9 Å². The molecular formula is C15H14N4O. The zero-order valence-electron chi connectivity index (χ0n) is 10.9. The molecule has 0 spiro atoms. The predicted octanol–water partition coefficient (Wildman–Crippen LogP) is 1.77. The number of nitrogens with zero attached hydrogens (tertiary/aromatic N) is 3. The van der Waals surface area contributed by atoms with Crippen molar-refractivity contribution < 1.29 is 4.79 Å². The lowest BCUT2D eigenvalue weighted by atomic mass is 10.0. The van der Waals surface area contributed by atoms with Crippen molar-refractivity contribution in [1.82, 2.24) is 15.0 Å². The molecular weight excluding hydrogens is 252 g/mol. The molecule has 0 aliphatic heterocycles. The van der Waals surface area contributed by atoms with Gasteiger partial charge in [0.25, 0.3) is 0 Å². The number of rotatable bonds is 4. The van der Waals surface area contributed by atoms with E-state index >= 15 is 0 Å². The Kier molecular flexibility index (Phi) is 3.26. The largest absolute Gasteiger partial charge is 0.325 e. The van der Waals surface area contributed by atoms with Gasteiger partial charge in [-0.15, -0.1) is 5.10 Å². The van der Waals surface area contributed by atoms with Crippen molar-refractivity contribution in [2.24, 2.45) is 5.73 Å². The third-order valence-electron chi connectivity index (χ3n) is 3.19. The van der Waals surface area contributed by atoms with Gasteiger partial charge < -0.3 is 5.73 Å². The Morgan fingerprint density at radius 2 is 1.95 bits per heavy atom. The molecule has 20 heavy (non-hydrogen) atoms. The zero-order chi connectivity index (χ0) is 13.9. The van der Waals surface area contributed by atoms with Crippen LogP contribution in [0.25, 0.3) is 10.8 Å². The van der Waals surface area contributed by atoms with Gasteiger partial charge in [-0.3, -0.25) is 4.79 Å². The van der Waals surface area contributed by atoms with Crippen LogP contribution in [0.3, 0.4) is 0 Å². The maximum absolute atomic E-state index is 12.4. The van der Waals surface area contributed by atoms with Crippen LogP contribution in [-0.2, 0) is 13.1 Å². The van der Waals surface area contributed by atoms with Crippen LogP contribution in [0.5, 0.6) is 0 Å². The molecule has 0 saturated heterocycles. The molecule has 5 heteroatoms. The highest BCUT2D eigenvalue weighted by Gasteiger charge is 2.11. The molecule has 0 aliphatic rings. The first-order valence-electron chi connectivity index (χ1n) is 6.38. The molecule has 2 N–H and O–H groups in total. The molecule has 0 atom stereocenters. The van der Waals surface area contributed by atoms with E-state index in [1.54, 1.807) is 6.20 Å². The van der Waals surface area contributed by atoms with Gasteiger partial charge in [0, 0.05) is 12.1 Å². The summed E-state index contributed by atoms with van der Waals surface area (Å²) >= 11 is 0. The van der Waals surface area contributed by atoms with Crippen molar-refractivity contribution in [3.63, 3.8) is 0 Å². The fourth-order valence-electron chi connectivity index (χ4n) is 2.21. The van der Waals surface area contributed by atoms with Gasteiger partial charge in [-0.05, 0) is 10.8 Å². The van der Waals surface area contributed by atoms with Crippen LogP contribution in [-0.4, -0.2) is 20.8 Å². The molecule has 2 aromatic carbocycles. The monoisotopic (exact) mass is 266 g/mol. The van der Waals surface area contributed by atoms with Gasteiger partial charge in [-0.2, -0.15) is 0 Å². The number of benzene rings is 2. The number of fused-ring (bicyclic) bond motifs is 1. The van der Waals surface area contributed by atoms with Crippen LogP contribution in [0.15, 0.2) is 48.7 Å². The zero-order valence-corrected chi connectivity index (χ0v) is 10.9. The van der Waals surface area contributed by atoms with E-state index in [4.69, 9.17) is 5.73 Å².